The molecule has 4 rings (SSSR count). The minimum Gasteiger partial charge on any atom is -0.424 e. The number of aliphatic hydroxyl groups is 1. The third-order valence-electron chi connectivity index (χ3n) is 4.45. The molecule has 0 bridgehead atoms. The van der Waals surface area contributed by atoms with E-state index in [4.69, 9.17) is 4.42 Å². The molecular weight excluding hydrogens is 290 g/mol. The van der Waals surface area contributed by atoms with Gasteiger partial charge in [-0.2, -0.15) is 4.98 Å². The highest BCUT2D eigenvalue weighted by Gasteiger charge is 2.36. The van der Waals surface area contributed by atoms with E-state index >= 15 is 0 Å². The Morgan fingerprint density at radius 2 is 2.13 bits per heavy atom. The normalized spacial score (nSPS) is 21.8. The summed E-state index contributed by atoms with van der Waals surface area (Å²) in [5, 5.41) is 13.0. The van der Waals surface area contributed by atoms with Crippen LogP contribution < -0.4 is 5.32 Å². The zero-order chi connectivity index (χ0) is 15.8. The van der Waals surface area contributed by atoms with Crippen LogP contribution in [0.4, 0.5) is 6.01 Å². The number of fused-ring (bicyclic) bond motifs is 1. The van der Waals surface area contributed by atoms with Crippen molar-refractivity contribution in [2.45, 2.75) is 31.9 Å². The van der Waals surface area contributed by atoms with Crippen LogP contribution in [0.3, 0.4) is 0 Å². The fourth-order valence-electron chi connectivity index (χ4n) is 3.13. The Morgan fingerprint density at radius 3 is 2.87 bits per heavy atom. The third kappa shape index (κ3) is 2.80. The van der Waals surface area contributed by atoms with E-state index in [1.54, 1.807) is 6.20 Å². The van der Waals surface area contributed by atoms with Crippen molar-refractivity contribution in [2.75, 3.05) is 5.32 Å². The molecule has 2 N–H and O–H groups in total. The molecule has 1 aliphatic carbocycles. The van der Waals surface area contributed by atoms with E-state index in [0.29, 0.717) is 11.9 Å². The zero-order valence-electron chi connectivity index (χ0n) is 12.9. The minimum absolute atomic E-state index is 0.00578. The van der Waals surface area contributed by atoms with E-state index in [2.05, 4.69) is 15.3 Å². The lowest BCUT2D eigenvalue weighted by molar-refractivity contribution is 0.0331. The topological polar surface area (TPSA) is 71.2 Å². The fraction of sp³-hybridized carbons (Fsp3) is 0.333. The summed E-state index contributed by atoms with van der Waals surface area (Å²) < 4.78 is 5.81. The average Bonchev–Trinajstić information content (AvgIpc) is 2.92. The number of nitrogens with zero attached hydrogens (tertiary/aromatic N) is 2. The summed E-state index contributed by atoms with van der Waals surface area (Å²) in [5.41, 5.74) is 3.72. The van der Waals surface area contributed by atoms with Gasteiger partial charge in [0.25, 0.3) is 6.01 Å². The van der Waals surface area contributed by atoms with Gasteiger partial charge in [-0.1, -0.05) is 12.1 Å². The molecule has 1 fully saturated rings. The van der Waals surface area contributed by atoms with Crippen molar-refractivity contribution in [3.05, 3.63) is 53.9 Å². The van der Waals surface area contributed by atoms with Gasteiger partial charge in [0, 0.05) is 6.20 Å². The first-order chi connectivity index (χ1) is 11.2. The van der Waals surface area contributed by atoms with Crippen molar-refractivity contribution in [1.29, 1.82) is 0 Å². The van der Waals surface area contributed by atoms with E-state index in [1.165, 1.54) is 0 Å². The first-order valence-electron chi connectivity index (χ1n) is 7.92. The Bertz CT molecular complexity index is 810. The number of aliphatic hydroxyl groups excluding tert-OH is 1. The lowest BCUT2D eigenvalue weighted by Crippen LogP contribution is -2.36. The molecule has 3 aromatic rings. The maximum Gasteiger partial charge on any atom is 0.296 e. The maximum atomic E-state index is 9.64. The van der Waals surface area contributed by atoms with Gasteiger partial charge in [-0.05, 0) is 55.5 Å². The molecule has 5 nitrogen and oxygen atoms in total. The van der Waals surface area contributed by atoms with Crippen molar-refractivity contribution in [3.63, 3.8) is 0 Å². The van der Waals surface area contributed by atoms with Crippen LogP contribution in [0.1, 0.15) is 30.1 Å². The highest BCUT2D eigenvalue weighted by atomic mass is 16.4. The number of oxazole rings is 1. The molecule has 1 aliphatic rings. The van der Waals surface area contributed by atoms with Crippen LogP contribution in [0.5, 0.6) is 0 Å². The predicted molar refractivity (Wildman–Crippen MR) is 88.1 cm³/mol. The summed E-state index contributed by atoms with van der Waals surface area (Å²) in [6, 6.07) is 12.3. The first kappa shape index (κ1) is 14.2. The molecule has 2 aromatic heterocycles. The first-order valence-corrected chi connectivity index (χ1v) is 7.92. The van der Waals surface area contributed by atoms with Gasteiger partial charge in [-0.15, -0.1) is 0 Å². The summed E-state index contributed by atoms with van der Waals surface area (Å²) in [7, 11) is 0. The summed E-state index contributed by atoms with van der Waals surface area (Å²) in [5.74, 6) is 0.330. The Kier molecular flexibility index (Phi) is 3.50. The number of anilines is 1. The van der Waals surface area contributed by atoms with E-state index in [0.717, 1.165) is 35.2 Å². The molecule has 2 heterocycles. The summed E-state index contributed by atoms with van der Waals surface area (Å²) in [6.07, 6.45) is 3.12. The molecule has 1 unspecified atom stereocenters. The van der Waals surface area contributed by atoms with Crippen molar-refractivity contribution in [1.82, 2.24) is 9.97 Å². The smallest absolute Gasteiger partial charge is 0.296 e. The summed E-state index contributed by atoms with van der Waals surface area (Å²) in [4.78, 5) is 8.99. The van der Waals surface area contributed by atoms with E-state index in [1.807, 2.05) is 43.3 Å². The number of nitrogens with one attached hydrogen (secondary N) is 1. The quantitative estimate of drug-likeness (QED) is 0.772. The van der Waals surface area contributed by atoms with Crippen molar-refractivity contribution in [2.24, 2.45) is 5.92 Å². The van der Waals surface area contributed by atoms with Crippen LogP contribution in [-0.4, -0.2) is 21.2 Å². The van der Waals surface area contributed by atoms with Crippen LogP contribution in [0.15, 0.2) is 47.0 Å². The van der Waals surface area contributed by atoms with Crippen LogP contribution >= 0.6 is 0 Å². The third-order valence-corrected chi connectivity index (χ3v) is 4.45. The zero-order valence-corrected chi connectivity index (χ0v) is 12.9. The monoisotopic (exact) mass is 309 g/mol. The second-order valence-corrected chi connectivity index (χ2v) is 6.25. The Balaban J connectivity index is 1.63. The standard InChI is InChI=1S/C18H19N3O2/c1-11-5-6-16-15(8-11)20-18(23-16)21-17(12-9-13(22)10-12)14-4-2-3-7-19-14/h2-8,12-13,17,22H,9-10H2,1H3,(H,20,21). The van der Waals surface area contributed by atoms with Crippen LogP contribution in [0.2, 0.25) is 0 Å². The molecule has 118 valence electrons. The fourth-order valence-corrected chi connectivity index (χ4v) is 3.13. The Labute approximate surface area is 134 Å². The highest BCUT2D eigenvalue weighted by molar-refractivity contribution is 5.75. The largest absolute Gasteiger partial charge is 0.424 e. The van der Waals surface area contributed by atoms with Crippen LogP contribution in [-0.2, 0) is 0 Å². The lowest BCUT2D eigenvalue weighted by Gasteiger charge is -2.37. The van der Waals surface area contributed by atoms with Gasteiger partial charge in [-0.25, -0.2) is 0 Å². The van der Waals surface area contributed by atoms with Gasteiger partial charge < -0.3 is 14.8 Å². The molecule has 1 atom stereocenters. The average molecular weight is 309 g/mol. The van der Waals surface area contributed by atoms with Crippen LogP contribution in [0, 0.1) is 12.8 Å². The lowest BCUT2D eigenvalue weighted by atomic mass is 9.76. The number of benzene rings is 1. The molecule has 23 heavy (non-hydrogen) atoms. The summed E-state index contributed by atoms with van der Waals surface area (Å²) in [6.45, 7) is 2.04. The number of hydrogen-bond acceptors (Lipinski definition) is 5. The molecule has 0 spiro atoms. The molecule has 1 saturated carbocycles. The van der Waals surface area contributed by atoms with E-state index in [-0.39, 0.29) is 12.1 Å². The molecule has 0 aliphatic heterocycles. The van der Waals surface area contributed by atoms with Gasteiger partial charge in [-0.3, -0.25) is 4.98 Å². The second kappa shape index (κ2) is 5.66. The predicted octanol–water partition coefficient (Wildman–Crippen LogP) is 3.46. The van der Waals surface area contributed by atoms with Gasteiger partial charge >= 0.3 is 0 Å². The highest BCUT2D eigenvalue weighted by Crippen LogP contribution is 2.39. The van der Waals surface area contributed by atoms with Crippen molar-refractivity contribution >= 4 is 17.1 Å². The molecule has 0 amide bonds. The van der Waals surface area contributed by atoms with Gasteiger partial charge in [0.2, 0.25) is 0 Å². The second-order valence-electron chi connectivity index (χ2n) is 6.25. The number of rotatable bonds is 4. The van der Waals surface area contributed by atoms with Crippen molar-refractivity contribution in [3.8, 4) is 0 Å². The molecule has 0 saturated heterocycles. The van der Waals surface area contributed by atoms with Gasteiger partial charge in [0.05, 0.1) is 17.8 Å². The number of aryl methyl sites for hydroxylation is 1. The number of pyridine rings is 1. The van der Waals surface area contributed by atoms with Gasteiger partial charge in [0.15, 0.2) is 5.58 Å². The minimum atomic E-state index is -0.209. The van der Waals surface area contributed by atoms with Gasteiger partial charge in [0.1, 0.15) is 5.52 Å². The molecule has 5 heteroatoms. The van der Waals surface area contributed by atoms with E-state index < -0.39 is 0 Å². The van der Waals surface area contributed by atoms with Crippen molar-refractivity contribution < 1.29 is 9.52 Å². The summed E-state index contributed by atoms with van der Waals surface area (Å²) >= 11 is 0. The molecule has 1 aromatic carbocycles. The molecule has 0 radical (unpaired) electrons. The number of aromatic nitrogens is 2. The number of hydrogen-bond donors (Lipinski definition) is 2. The Hall–Kier alpha value is -2.40. The molecular formula is C18H19N3O2. The SMILES string of the molecule is Cc1ccc2oc(NC(c3ccccn3)C3CC(O)C3)nc2c1. The Morgan fingerprint density at radius 1 is 1.26 bits per heavy atom. The van der Waals surface area contributed by atoms with E-state index in [9.17, 15) is 5.11 Å². The van der Waals surface area contributed by atoms with Crippen LogP contribution in [0.25, 0.3) is 11.1 Å². The maximum absolute atomic E-state index is 9.64.